The summed E-state index contributed by atoms with van der Waals surface area (Å²) in [5, 5.41) is 9.32. The number of unbranched alkanes of at least 4 members (excludes halogenated alkanes) is 1. The van der Waals surface area contributed by atoms with Gasteiger partial charge in [-0.1, -0.05) is 23.7 Å². The number of carbonyl (C=O) groups is 1. The molecule has 0 atom stereocenters. The molecule has 0 bridgehead atoms. The van der Waals surface area contributed by atoms with Crippen molar-refractivity contribution in [1.82, 2.24) is 9.62 Å². The van der Waals surface area contributed by atoms with Crippen LogP contribution >= 0.6 is 11.6 Å². The Balaban J connectivity index is 1.86. The second-order valence-electron chi connectivity index (χ2n) is 8.17. The molecule has 0 radical (unpaired) electrons. The Hall–Kier alpha value is -3.59. The van der Waals surface area contributed by atoms with Gasteiger partial charge in [-0.2, -0.15) is 18.4 Å². The van der Waals surface area contributed by atoms with Crippen LogP contribution < -0.4 is 19.8 Å². The van der Waals surface area contributed by atoms with Crippen molar-refractivity contribution in [1.29, 1.82) is 5.26 Å². The number of nitriles is 1. The third kappa shape index (κ3) is 6.75. The fourth-order valence-corrected chi connectivity index (χ4v) is 4.50. The molecule has 3 rings (SSSR count). The van der Waals surface area contributed by atoms with Gasteiger partial charge in [0.25, 0.3) is 10.2 Å². The van der Waals surface area contributed by atoms with Crippen LogP contribution in [0.4, 0.5) is 10.5 Å². The van der Waals surface area contributed by atoms with E-state index in [1.54, 1.807) is 37.3 Å². The van der Waals surface area contributed by atoms with Crippen LogP contribution in [0.2, 0.25) is 5.02 Å². The maximum Gasteiger partial charge on any atom is 0.414 e. The molecule has 190 valence electrons. The average Bonchev–Trinajstić information content (AvgIpc) is 2.80. The number of ether oxygens (including phenoxy) is 1. The van der Waals surface area contributed by atoms with Gasteiger partial charge in [0, 0.05) is 50.5 Å². The number of hydrogen-bond donors (Lipinski definition) is 2. The molecule has 0 aliphatic carbocycles. The van der Waals surface area contributed by atoms with Gasteiger partial charge < -0.3 is 14.1 Å². The van der Waals surface area contributed by atoms with Crippen LogP contribution in [0.5, 0.6) is 5.75 Å². The van der Waals surface area contributed by atoms with Gasteiger partial charge in [-0.25, -0.2) is 9.59 Å². The van der Waals surface area contributed by atoms with E-state index in [-0.39, 0.29) is 35.7 Å². The number of amides is 1. The van der Waals surface area contributed by atoms with Crippen LogP contribution in [0.25, 0.3) is 11.0 Å². The second kappa shape index (κ2) is 11.4. The molecular weight excluding hydrogens is 508 g/mol. The first-order valence-electron chi connectivity index (χ1n) is 10.9. The summed E-state index contributed by atoms with van der Waals surface area (Å²) in [7, 11) is -0.758. The Bertz CT molecular complexity index is 1490. The van der Waals surface area contributed by atoms with Gasteiger partial charge >= 0.3 is 11.7 Å². The van der Waals surface area contributed by atoms with E-state index >= 15 is 0 Å². The number of anilines is 1. The molecule has 0 fully saturated rings. The Morgan fingerprint density at radius 3 is 2.69 bits per heavy atom. The monoisotopic (exact) mass is 532 g/mol. The highest BCUT2D eigenvalue weighted by atomic mass is 35.5. The molecule has 0 saturated carbocycles. The van der Waals surface area contributed by atoms with Crippen molar-refractivity contribution in [2.75, 3.05) is 25.4 Å². The number of rotatable bonds is 9. The second-order valence-corrected chi connectivity index (χ2v) is 10.1. The Labute approximate surface area is 213 Å². The molecule has 0 spiro atoms. The number of nitrogens with zero attached hydrogens (tertiary/aromatic N) is 2. The van der Waals surface area contributed by atoms with Crippen LogP contribution in [0.15, 0.2) is 45.6 Å². The van der Waals surface area contributed by atoms with Crippen molar-refractivity contribution in [3.63, 3.8) is 0 Å². The van der Waals surface area contributed by atoms with Crippen LogP contribution in [0.1, 0.15) is 29.5 Å². The van der Waals surface area contributed by atoms with Crippen LogP contribution in [-0.2, 0) is 16.6 Å². The van der Waals surface area contributed by atoms with Gasteiger partial charge in [-0.3, -0.25) is 4.72 Å². The predicted octanol–water partition coefficient (Wildman–Crippen LogP) is 3.96. The lowest BCUT2D eigenvalue weighted by Gasteiger charge is -2.14. The standard InChI is InChI=1S/C24H25ClN4O6S/c1-15-18-13-20(25)22(35-24(31)29(2)3)14-21(18)34-23(30)19(15)12-16-7-6-8-17(11-16)28-36(32,33)27-10-5-4-9-26/h6-8,11,13-14,27-28H,4-5,10,12H2,1-3H3. The molecule has 2 N–H and O–H groups in total. The van der Waals surface area contributed by atoms with E-state index in [1.165, 1.54) is 25.1 Å². The van der Waals surface area contributed by atoms with Crippen LogP contribution in [0, 0.1) is 18.3 Å². The molecule has 0 aliphatic heterocycles. The largest absolute Gasteiger partial charge is 0.422 e. The van der Waals surface area contributed by atoms with Gasteiger partial charge in [-0.15, -0.1) is 0 Å². The molecule has 10 nitrogen and oxygen atoms in total. The molecule has 2 aromatic carbocycles. The number of halogens is 1. The van der Waals surface area contributed by atoms with Crippen LogP contribution in [0.3, 0.4) is 0 Å². The Kier molecular flexibility index (Phi) is 8.57. The van der Waals surface area contributed by atoms with Crippen molar-refractivity contribution in [3.05, 3.63) is 68.5 Å². The third-order valence-corrected chi connectivity index (χ3v) is 6.60. The minimum absolute atomic E-state index is 0.0689. The minimum Gasteiger partial charge on any atom is -0.422 e. The number of nitrogens with one attached hydrogen (secondary N) is 2. The first kappa shape index (κ1) is 27.0. The maximum atomic E-state index is 12.8. The van der Waals surface area contributed by atoms with E-state index in [1.807, 2.05) is 6.07 Å². The normalized spacial score (nSPS) is 11.2. The van der Waals surface area contributed by atoms with Gasteiger partial charge in [0.05, 0.1) is 16.8 Å². The molecule has 3 aromatic rings. The Morgan fingerprint density at radius 1 is 1.25 bits per heavy atom. The average molecular weight is 533 g/mol. The zero-order valence-electron chi connectivity index (χ0n) is 19.9. The smallest absolute Gasteiger partial charge is 0.414 e. The molecule has 0 aliphatic rings. The third-order valence-electron chi connectivity index (χ3n) is 5.22. The first-order chi connectivity index (χ1) is 17.0. The highest BCUT2D eigenvalue weighted by Gasteiger charge is 2.17. The van der Waals surface area contributed by atoms with E-state index in [0.29, 0.717) is 34.2 Å². The van der Waals surface area contributed by atoms with E-state index in [0.717, 1.165) is 0 Å². The summed E-state index contributed by atoms with van der Waals surface area (Å²) in [5.74, 6) is 0.0689. The Morgan fingerprint density at radius 2 is 2.00 bits per heavy atom. The van der Waals surface area contributed by atoms with Gasteiger partial charge in [0.2, 0.25) is 0 Å². The predicted molar refractivity (Wildman–Crippen MR) is 137 cm³/mol. The summed E-state index contributed by atoms with van der Waals surface area (Å²) in [6.07, 6.45) is 0.210. The summed E-state index contributed by atoms with van der Waals surface area (Å²) in [4.78, 5) is 25.9. The van der Waals surface area contributed by atoms with Crippen molar-refractivity contribution in [2.45, 2.75) is 26.2 Å². The SMILES string of the molecule is Cc1c(Cc2cccc(NS(=O)(=O)NCCCC#N)c2)c(=O)oc2cc(OC(=O)N(C)C)c(Cl)cc12. The minimum atomic E-state index is -3.82. The van der Waals surface area contributed by atoms with E-state index in [9.17, 15) is 18.0 Å². The fourth-order valence-electron chi connectivity index (χ4n) is 3.37. The van der Waals surface area contributed by atoms with E-state index < -0.39 is 21.9 Å². The quantitative estimate of drug-likeness (QED) is 0.314. The van der Waals surface area contributed by atoms with Crippen molar-refractivity contribution < 1.29 is 22.4 Å². The first-order valence-corrected chi connectivity index (χ1v) is 12.7. The topological polar surface area (TPSA) is 142 Å². The van der Waals surface area contributed by atoms with E-state index in [4.69, 9.17) is 26.0 Å². The number of carbonyl (C=O) groups excluding carboxylic acids is 1. The molecular formula is C24H25ClN4O6S. The number of hydrogen-bond acceptors (Lipinski definition) is 7. The van der Waals surface area contributed by atoms with Crippen molar-refractivity contribution in [3.8, 4) is 11.8 Å². The number of fused-ring (bicyclic) bond motifs is 1. The maximum absolute atomic E-state index is 12.8. The number of aryl methyl sites for hydroxylation is 1. The van der Waals surface area contributed by atoms with Crippen molar-refractivity contribution >= 4 is 44.6 Å². The van der Waals surface area contributed by atoms with Crippen LogP contribution in [-0.4, -0.2) is 40.1 Å². The van der Waals surface area contributed by atoms with Gasteiger partial charge in [0.15, 0.2) is 5.75 Å². The fraction of sp³-hybridized carbons (Fsp3) is 0.292. The van der Waals surface area contributed by atoms with E-state index in [2.05, 4.69) is 9.44 Å². The summed E-state index contributed by atoms with van der Waals surface area (Å²) >= 11 is 6.31. The zero-order valence-corrected chi connectivity index (χ0v) is 21.5. The summed E-state index contributed by atoms with van der Waals surface area (Å²) in [6, 6.07) is 11.6. The summed E-state index contributed by atoms with van der Waals surface area (Å²) in [6.45, 7) is 1.90. The van der Waals surface area contributed by atoms with Crippen molar-refractivity contribution in [2.24, 2.45) is 0 Å². The lowest BCUT2D eigenvalue weighted by Crippen LogP contribution is -2.30. The molecule has 36 heavy (non-hydrogen) atoms. The summed E-state index contributed by atoms with van der Waals surface area (Å²) < 4.78 is 40.0. The molecule has 0 saturated heterocycles. The van der Waals surface area contributed by atoms with Gasteiger partial charge in [-0.05, 0) is 42.7 Å². The molecule has 1 amide bonds. The molecule has 1 heterocycles. The lowest BCUT2D eigenvalue weighted by molar-refractivity contribution is 0.172. The summed E-state index contributed by atoms with van der Waals surface area (Å²) in [5.41, 5.74) is 1.66. The number of benzene rings is 2. The molecule has 12 heteroatoms. The van der Waals surface area contributed by atoms with Gasteiger partial charge in [0.1, 0.15) is 5.58 Å². The highest BCUT2D eigenvalue weighted by Crippen LogP contribution is 2.32. The zero-order chi connectivity index (χ0) is 26.5. The lowest BCUT2D eigenvalue weighted by atomic mass is 9.99. The highest BCUT2D eigenvalue weighted by molar-refractivity contribution is 7.90. The molecule has 0 unspecified atom stereocenters. The molecule has 1 aromatic heterocycles.